The average Bonchev–Trinajstić information content (AvgIpc) is 3.11. The van der Waals surface area contributed by atoms with Crippen LogP contribution >= 0.6 is 0 Å². The van der Waals surface area contributed by atoms with Crippen molar-refractivity contribution in [3.63, 3.8) is 0 Å². The summed E-state index contributed by atoms with van der Waals surface area (Å²) in [5, 5.41) is 23.9. The van der Waals surface area contributed by atoms with Crippen LogP contribution in [0.4, 0.5) is 0 Å². The van der Waals surface area contributed by atoms with E-state index in [0.29, 0.717) is 12.2 Å². The average molecular weight is 383 g/mol. The van der Waals surface area contributed by atoms with Crippen LogP contribution in [0.5, 0.6) is 0 Å². The van der Waals surface area contributed by atoms with Gasteiger partial charge in [-0.1, -0.05) is 24.3 Å². The Morgan fingerprint density at radius 1 is 0.966 bits per heavy atom. The molecule has 4 heterocycles. The summed E-state index contributed by atoms with van der Waals surface area (Å²) in [6.07, 6.45) is 6.75. The van der Waals surface area contributed by atoms with Crippen molar-refractivity contribution in [3.05, 3.63) is 65.3 Å². The van der Waals surface area contributed by atoms with Crippen LogP contribution < -0.4 is 0 Å². The van der Waals surface area contributed by atoms with E-state index in [-0.39, 0.29) is 4.65 Å². The van der Waals surface area contributed by atoms with E-state index >= 15 is 0 Å². The molecule has 1 aliphatic rings. The Morgan fingerprint density at radius 3 is 2.52 bits per heavy atom. The number of pyridine rings is 2. The number of fused-ring (bicyclic) bond motifs is 3. The summed E-state index contributed by atoms with van der Waals surface area (Å²) in [4.78, 5) is 11.9. The van der Waals surface area contributed by atoms with Gasteiger partial charge in [0.25, 0.3) is 0 Å². The van der Waals surface area contributed by atoms with Crippen molar-refractivity contribution >= 4 is 21.9 Å². The standard InChI is InChI=1S/C23H21N5O/c24-12-19-11-20-21-10-18(13-26-23(21)27-22(20)14-25-19)17-6-4-16(5-7-17)15-28(29)8-2-1-3-9-28/h4-7,10-11,13-14H,1-3,8-9,15H2,(H,26,27). The van der Waals surface area contributed by atoms with Gasteiger partial charge in [-0.15, -0.1) is 0 Å². The topological polar surface area (TPSA) is 88.4 Å². The third-order valence-corrected chi connectivity index (χ3v) is 5.84. The van der Waals surface area contributed by atoms with Crippen LogP contribution in [0.15, 0.2) is 48.8 Å². The lowest BCUT2D eigenvalue weighted by molar-refractivity contribution is -0.898. The van der Waals surface area contributed by atoms with E-state index in [0.717, 1.165) is 64.6 Å². The lowest BCUT2D eigenvalue weighted by Gasteiger charge is -2.45. The quantitative estimate of drug-likeness (QED) is 0.412. The molecule has 0 unspecified atom stereocenters. The Morgan fingerprint density at radius 2 is 1.76 bits per heavy atom. The Kier molecular flexibility index (Phi) is 4.27. The summed E-state index contributed by atoms with van der Waals surface area (Å²) in [5.74, 6) is 0. The summed E-state index contributed by atoms with van der Waals surface area (Å²) >= 11 is 0. The highest BCUT2D eigenvalue weighted by molar-refractivity contribution is 6.06. The minimum Gasteiger partial charge on any atom is -0.633 e. The van der Waals surface area contributed by atoms with Crippen LogP contribution in [0.1, 0.15) is 30.5 Å². The number of H-pyrrole nitrogens is 1. The fraction of sp³-hybridized carbons (Fsp3) is 0.261. The van der Waals surface area contributed by atoms with Crippen molar-refractivity contribution in [1.29, 1.82) is 5.26 Å². The number of nitrogens with zero attached hydrogens (tertiary/aromatic N) is 4. The van der Waals surface area contributed by atoms with E-state index in [1.54, 1.807) is 12.3 Å². The van der Waals surface area contributed by atoms with Crippen molar-refractivity contribution in [1.82, 2.24) is 15.0 Å². The van der Waals surface area contributed by atoms with Crippen LogP contribution in [-0.2, 0) is 6.54 Å². The second-order valence-electron chi connectivity index (χ2n) is 7.89. The van der Waals surface area contributed by atoms with Crippen LogP contribution in [0.3, 0.4) is 0 Å². The Hall–Kier alpha value is -3.27. The molecule has 0 atom stereocenters. The SMILES string of the molecule is N#Cc1cc2c(cn1)[nH]c1ncc(-c3ccc(C[N+]4([O-])CCCCC4)cc3)cc12. The monoisotopic (exact) mass is 383 g/mol. The summed E-state index contributed by atoms with van der Waals surface area (Å²) in [6.45, 7) is 1.99. The Labute approximate surface area is 168 Å². The number of piperidine rings is 1. The third kappa shape index (κ3) is 3.35. The molecule has 6 heteroatoms. The maximum Gasteiger partial charge on any atom is 0.141 e. The van der Waals surface area contributed by atoms with Gasteiger partial charge in [0.15, 0.2) is 0 Å². The molecule has 0 radical (unpaired) electrons. The molecule has 1 fully saturated rings. The highest BCUT2D eigenvalue weighted by Crippen LogP contribution is 2.29. The number of quaternary nitrogens is 1. The number of aromatic nitrogens is 3. The van der Waals surface area contributed by atoms with Crippen LogP contribution in [-0.4, -0.2) is 32.7 Å². The molecule has 0 amide bonds. The summed E-state index contributed by atoms with van der Waals surface area (Å²) in [6, 6.07) is 14.2. The van der Waals surface area contributed by atoms with Gasteiger partial charge in [-0.3, -0.25) is 0 Å². The van der Waals surface area contributed by atoms with Gasteiger partial charge in [-0.25, -0.2) is 9.97 Å². The number of nitrogens with one attached hydrogen (secondary N) is 1. The van der Waals surface area contributed by atoms with Crippen LogP contribution in [0.2, 0.25) is 0 Å². The van der Waals surface area contributed by atoms with Crippen LogP contribution in [0.25, 0.3) is 33.1 Å². The highest BCUT2D eigenvalue weighted by Gasteiger charge is 2.21. The van der Waals surface area contributed by atoms with Gasteiger partial charge in [0.1, 0.15) is 24.0 Å². The number of nitriles is 1. The highest BCUT2D eigenvalue weighted by atomic mass is 16.5. The first-order valence-corrected chi connectivity index (χ1v) is 9.98. The molecule has 0 saturated carbocycles. The van der Waals surface area contributed by atoms with Gasteiger partial charge in [-0.05, 0) is 37.0 Å². The molecule has 29 heavy (non-hydrogen) atoms. The van der Waals surface area contributed by atoms with Crippen molar-refractivity contribution in [2.24, 2.45) is 0 Å². The van der Waals surface area contributed by atoms with Crippen molar-refractivity contribution in [3.8, 4) is 17.2 Å². The first-order chi connectivity index (χ1) is 14.1. The molecule has 4 aromatic rings. The zero-order valence-corrected chi connectivity index (χ0v) is 16.1. The predicted octanol–water partition coefficient (Wildman–Crippen LogP) is 4.65. The summed E-state index contributed by atoms with van der Waals surface area (Å²) < 4.78 is -0.0997. The fourth-order valence-electron chi connectivity index (χ4n) is 4.28. The lowest BCUT2D eigenvalue weighted by Crippen LogP contribution is -2.45. The normalized spacial score (nSPS) is 16.1. The molecule has 0 aliphatic carbocycles. The first kappa shape index (κ1) is 17.8. The molecule has 144 valence electrons. The number of aromatic amines is 1. The van der Waals surface area contributed by atoms with E-state index in [2.05, 4.69) is 51.4 Å². The zero-order valence-electron chi connectivity index (χ0n) is 16.1. The molecule has 1 N–H and O–H groups in total. The number of hydrogen-bond donors (Lipinski definition) is 1. The Balaban J connectivity index is 1.47. The second kappa shape index (κ2) is 6.96. The predicted molar refractivity (Wildman–Crippen MR) is 112 cm³/mol. The molecule has 5 rings (SSSR count). The van der Waals surface area contributed by atoms with E-state index in [4.69, 9.17) is 5.26 Å². The molecule has 1 aromatic carbocycles. The number of hydrogen-bond acceptors (Lipinski definition) is 4. The maximum absolute atomic E-state index is 12.8. The molecule has 3 aromatic heterocycles. The second-order valence-corrected chi connectivity index (χ2v) is 7.89. The van der Waals surface area contributed by atoms with E-state index in [1.807, 2.05) is 6.20 Å². The first-order valence-electron chi connectivity index (χ1n) is 9.98. The van der Waals surface area contributed by atoms with Gasteiger partial charge in [0.05, 0.1) is 24.8 Å². The van der Waals surface area contributed by atoms with Crippen molar-refractivity contribution in [2.45, 2.75) is 25.8 Å². The molecule has 1 saturated heterocycles. The van der Waals surface area contributed by atoms with E-state index in [1.165, 1.54) is 6.42 Å². The number of hydroxylamine groups is 3. The lowest BCUT2D eigenvalue weighted by atomic mass is 10.0. The van der Waals surface area contributed by atoms with Gasteiger partial charge in [0.2, 0.25) is 0 Å². The van der Waals surface area contributed by atoms with Gasteiger partial charge < -0.3 is 14.8 Å². The molecule has 1 aliphatic heterocycles. The zero-order chi connectivity index (χ0) is 19.8. The van der Waals surface area contributed by atoms with Gasteiger partial charge >= 0.3 is 0 Å². The number of rotatable bonds is 3. The van der Waals surface area contributed by atoms with E-state index < -0.39 is 0 Å². The minimum absolute atomic E-state index is 0.0997. The number of likely N-dealkylation sites (tertiary alicyclic amines) is 1. The van der Waals surface area contributed by atoms with Crippen molar-refractivity contribution in [2.75, 3.05) is 13.1 Å². The minimum atomic E-state index is -0.0997. The van der Waals surface area contributed by atoms with Crippen molar-refractivity contribution < 1.29 is 4.65 Å². The van der Waals surface area contributed by atoms with Crippen LogP contribution in [0, 0.1) is 16.5 Å². The molecular formula is C23H21N5O. The maximum atomic E-state index is 12.8. The smallest absolute Gasteiger partial charge is 0.141 e. The summed E-state index contributed by atoms with van der Waals surface area (Å²) in [7, 11) is 0. The summed E-state index contributed by atoms with van der Waals surface area (Å²) in [5.41, 5.74) is 5.18. The molecule has 6 nitrogen and oxygen atoms in total. The van der Waals surface area contributed by atoms with Gasteiger partial charge in [0, 0.05) is 28.1 Å². The third-order valence-electron chi connectivity index (χ3n) is 5.84. The number of benzene rings is 1. The molecule has 0 spiro atoms. The van der Waals surface area contributed by atoms with E-state index in [9.17, 15) is 5.21 Å². The largest absolute Gasteiger partial charge is 0.633 e. The Bertz CT molecular complexity index is 1230. The van der Waals surface area contributed by atoms with Gasteiger partial charge in [-0.2, -0.15) is 5.26 Å². The molecular weight excluding hydrogens is 362 g/mol. The fourth-order valence-corrected chi connectivity index (χ4v) is 4.28. The molecule has 0 bridgehead atoms.